The minimum Gasteiger partial charge on any atom is -0.363 e. The van der Waals surface area contributed by atoms with Crippen LogP contribution in [0.5, 0.6) is 0 Å². The van der Waals surface area contributed by atoms with E-state index in [0.29, 0.717) is 17.8 Å². The van der Waals surface area contributed by atoms with Crippen molar-refractivity contribution in [2.24, 2.45) is 17.8 Å². The Bertz CT molecular complexity index is 210. The molecule has 0 aromatic rings. The molecule has 1 aliphatic rings. The Morgan fingerprint density at radius 2 is 2.00 bits per heavy atom. The molecule has 0 aliphatic carbocycles. The van der Waals surface area contributed by atoms with E-state index >= 15 is 0 Å². The summed E-state index contributed by atoms with van der Waals surface area (Å²) in [4.78, 5) is -0.291. The van der Waals surface area contributed by atoms with Crippen LogP contribution in [-0.2, 0) is 4.74 Å². The molecule has 0 radical (unpaired) electrons. The van der Waals surface area contributed by atoms with Crippen LogP contribution >= 0.6 is 12.6 Å². The number of thiol groups is 1. The molecule has 2 atom stereocenters. The first-order valence-electron chi connectivity index (χ1n) is 5.51. The van der Waals surface area contributed by atoms with Crippen molar-refractivity contribution in [3.63, 3.8) is 0 Å². The second kappa shape index (κ2) is 4.71. The van der Waals surface area contributed by atoms with Gasteiger partial charge in [0.15, 0.2) is 0 Å². The Kier molecular flexibility index (Phi) is 4.08. The van der Waals surface area contributed by atoms with Gasteiger partial charge in [0, 0.05) is 5.92 Å². The van der Waals surface area contributed by atoms with E-state index in [9.17, 15) is 0 Å². The summed E-state index contributed by atoms with van der Waals surface area (Å²) >= 11 is 4.77. The summed E-state index contributed by atoms with van der Waals surface area (Å²) in [6.07, 6.45) is 5.52. The molecule has 1 aliphatic heterocycles. The number of hydrogen-bond donors (Lipinski definition) is 1. The van der Waals surface area contributed by atoms with Crippen LogP contribution in [0.3, 0.4) is 0 Å². The van der Waals surface area contributed by atoms with Crippen LogP contribution in [0.25, 0.3) is 0 Å². The van der Waals surface area contributed by atoms with Gasteiger partial charge in [-0.3, -0.25) is 0 Å². The van der Waals surface area contributed by atoms with Crippen molar-refractivity contribution >= 4 is 12.6 Å². The third-order valence-corrected chi connectivity index (χ3v) is 3.93. The third kappa shape index (κ3) is 2.34. The molecule has 0 saturated heterocycles. The van der Waals surface area contributed by atoms with E-state index in [-0.39, 0.29) is 4.93 Å². The summed E-state index contributed by atoms with van der Waals surface area (Å²) in [5, 5.41) is 0. The van der Waals surface area contributed by atoms with Gasteiger partial charge in [-0.05, 0) is 18.3 Å². The van der Waals surface area contributed by atoms with Crippen LogP contribution in [0, 0.1) is 17.8 Å². The van der Waals surface area contributed by atoms with Gasteiger partial charge in [0.2, 0.25) is 0 Å². The highest BCUT2D eigenvalue weighted by Crippen LogP contribution is 2.40. The van der Waals surface area contributed by atoms with Gasteiger partial charge >= 0.3 is 0 Å². The van der Waals surface area contributed by atoms with Crippen molar-refractivity contribution in [1.82, 2.24) is 0 Å². The Balaban J connectivity index is 2.92. The largest absolute Gasteiger partial charge is 0.363 e. The fourth-order valence-corrected chi connectivity index (χ4v) is 2.49. The zero-order valence-electron chi connectivity index (χ0n) is 9.66. The van der Waals surface area contributed by atoms with Crippen molar-refractivity contribution in [2.75, 3.05) is 6.61 Å². The van der Waals surface area contributed by atoms with E-state index in [1.807, 2.05) is 0 Å². The Morgan fingerprint density at radius 3 is 2.50 bits per heavy atom. The maximum Gasteiger partial charge on any atom is 0.119 e. The van der Waals surface area contributed by atoms with Crippen LogP contribution in [0.2, 0.25) is 0 Å². The van der Waals surface area contributed by atoms with Crippen LogP contribution in [0.4, 0.5) is 0 Å². The third-order valence-electron chi connectivity index (χ3n) is 2.98. The lowest BCUT2D eigenvalue weighted by Gasteiger charge is -2.39. The van der Waals surface area contributed by atoms with Gasteiger partial charge in [0.25, 0.3) is 0 Å². The smallest absolute Gasteiger partial charge is 0.119 e. The topological polar surface area (TPSA) is 9.23 Å². The standard InChI is InChI=1S/C12H22OS/c1-9(2)11-7-5-6-8-13-12(11,14)10(3)4/h5,7,9-11,14H,6,8H2,1-4H3/t11?,12-/m1/s1. The van der Waals surface area contributed by atoms with E-state index < -0.39 is 0 Å². The van der Waals surface area contributed by atoms with Gasteiger partial charge in [-0.15, -0.1) is 12.6 Å². The van der Waals surface area contributed by atoms with Crippen LogP contribution in [0.1, 0.15) is 34.1 Å². The quantitative estimate of drug-likeness (QED) is 0.546. The SMILES string of the molecule is CC(C)C1C=CCCO[C@@]1(S)C(C)C. The van der Waals surface area contributed by atoms with E-state index in [0.717, 1.165) is 13.0 Å². The summed E-state index contributed by atoms with van der Waals surface area (Å²) in [5.74, 6) is 1.42. The summed E-state index contributed by atoms with van der Waals surface area (Å²) in [6.45, 7) is 9.62. The fraction of sp³-hybridized carbons (Fsp3) is 0.833. The molecule has 1 unspecified atom stereocenters. The van der Waals surface area contributed by atoms with Crippen molar-refractivity contribution in [1.29, 1.82) is 0 Å². The zero-order chi connectivity index (χ0) is 10.8. The number of rotatable bonds is 2. The first-order chi connectivity index (χ1) is 6.48. The Hall–Kier alpha value is 0.0500. The number of hydrogen-bond acceptors (Lipinski definition) is 2. The molecule has 0 aromatic heterocycles. The predicted molar refractivity (Wildman–Crippen MR) is 64.6 cm³/mol. The van der Waals surface area contributed by atoms with Crippen LogP contribution < -0.4 is 0 Å². The van der Waals surface area contributed by atoms with Gasteiger partial charge in [0.05, 0.1) is 6.61 Å². The molecule has 1 heterocycles. The summed E-state index contributed by atoms with van der Waals surface area (Å²) < 4.78 is 5.93. The normalized spacial score (nSPS) is 33.8. The lowest BCUT2D eigenvalue weighted by atomic mass is 9.84. The van der Waals surface area contributed by atoms with Crippen molar-refractivity contribution in [3.8, 4) is 0 Å². The van der Waals surface area contributed by atoms with E-state index in [1.54, 1.807) is 0 Å². The van der Waals surface area contributed by atoms with E-state index in [2.05, 4.69) is 39.8 Å². The Morgan fingerprint density at radius 1 is 1.36 bits per heavy atom. The molecule has 0 aromatic carbocycles. The first-order valence-corrected chi connectivity index (χ1v) is 5.96. The average Bonchev–Trinajstić information content (AvgIpc) is 2.27. The average molecular weight is 214 g/mol. The lowest BCUT2D eigenvalue weighted by molar-refractivity contribution is -0.0377. The molecule has 0 amide bonds. The van der Waals surface area contributed by atoms with E-state index in [1.165, 1.54) is 0 Å². The fourth-order valence-electron chi connectivity index (χ4n) is 2.02. The molecular weight excluding hydrogens is 192 g/mol. The molecule has 14 heavy (non-hydrogen) atoms. The highest BCUT2D eigenvalue weighted by molar-refractivity contribution is 7.81. The summed E-state index contributed by atoms with van der Waals surface area (Å²) in [5.41, 5.74) is 0. The van der Waals surface area contributed by atoms with Gasteiger partial charge < -0.3 is 4.74 Å². The molecule has 0 spiro atoms. The molecule has 2 heteroatoms. The van der Waals surface area contributed by atoms with Crippen molar-refractivity contribution < 1.29 is 4.74 Å². The van der Waals surface area contributed by atoms with Gasteiger partial charge in [-0.2, -0.15) is 0 Å². The summed E-state index contributed by atoms with van der Waals surface area (Å²) in [7, 11) is 0. The monoisotopic (exact) mass is 214 g/mol. The molecule has 82 valence electrons. The maximum atomic E-state index is 5.93. The molecule has 1 rings (SSSR count). The zero-order valence-corrected chi connectivity index (χ0v) is 10.6. The highest BCUT2D eigenvalue weighted by atomic mass is 32.1. The lowest BCUT2D eigenvalue weighted by Crippen LogP contribution is -2.41. The second-order valence-electron chi connectivity index (χ2n) is 4.74. The molecular formula is C12H22OS. The van der Waals surface area contributed by atoms with Gasteiger partial charge in [-0.25, -0.2) is 0 Å². The second-order valence-corrected chi connectivity index (χ2v) is 5.44. The first kappa shape index (κ1) is 12.1. The van der Waals surface area contributed by atoms with Gasteiger partial charge in [-0.1, -0.05) is 39.8 Å². The van der Waals surface area contributed by atoms with Crippen LogP contribution in [0.15, 0.2) is 12.2 Å². The molecule has 0 fully saturated rings. The highest BCUT2D eigenvalue weighted by Gasteiger charge is 2.40. The van der Waals surface area contributed by atoms with Crippen molar-refractivity contribution in [2.45, 2.75) is 39.0 Å². The predicted octanol–water partition coefficient (Wildman–Crippen LogP) is 3.52. The van der Waals surface area contributed by atoms with Crippen LogP contribution in [-0.4, -0.2) is 11.5 Å². The molecule has 0 saturated carbocycles. The van der Waals surface area contributed by atoms with E-state index in [4.69, 9.17) is 17.4 Å². The minimum atomic E-state index is -0.291. The Labute approximate surface area is 93.3 Å². The number of ether oxygens (including phenoxy) is 1. The molecule has 1 nitrogen and oxygen atoms in total. The molecule has 0 N–H and O–H groups in total. The maximum absolute atomic E-state index is 5.93. The molecule has 0 bridgehead atoms. The summed E-state index contributed by atoms with van der Waals surface area (Å²) in [6, 6.07) is 0. The van der Waals surface area contributed by atoms with Gasteiger partial charge in [0.1, 0.15) is 4.93 Å². The minimum absolute atomic E-state index is 0.291. The van der Waals surface area contributed by atoms with Crippen molar-refractivity contribution in [3.05, 3.63) is 12.2 Å².